The maximum absolute atomic E-state index is 5.56. The zero-order chi connectivity index (χ0) is 13.7. The van der Waals surface area contributed by atoms with E-state index in [2.05, 4.69) is 54.6 Å². The van der Waals surface area contributed by atoms with E-state index < -0.39 is 0 Å². The summed E-state index contributed by atoms with van der Waals surface area (Å²) < 4.78 is 5.56. The van der Waals surface area contributed by atoms with E-state index in [4.69, 9.17) is 4.42 Å². The van der Waals surface area contributed by atoms with E-state index in [0.29, 0.717) is 6.04 Å². The Morgan fingerprint density at radius 1 is 1.11 bits per heavy atom. The Balaban J connectivity index is 1.91. The molecule has 1 heterocycles. The molecule has 0 aliphatic carbocycles. The molecule has 0 radical (unpaired) electrons. The van der Waals surface area contributed by atoms with Crippen LogP contribution in [0.15, 0.2) is 46.9 Å². The summed E-state index contributed by atoms with van der Waals surface area (Å²) in [5.74, 6) is 1.95. The summed E-state index contributed by atoms with van der Waals surface area (Å²) in [5, 5.41) is 3.46. The molecule has 19 heavy (non-hydrogen) atoms. The molecular formula is C16H22N2O. The van der Waals surface area contributed by atoms with Crippen LogP contribution in [0.3, 0.4) is 0 Å². The van der Waals surface area contributed by atoms with Crippen molar-refractivity contribution >= 4 is 0 Å². The molecule has 2 aromatic rings. The molecule has 0 saturated heterocycles. The van der Waals surface area contributed by atoms with E-state index in [1.54, 1.807) is 0 Å². The number of nitrogens with zero attached hydrogens (tertiary/aromatic N) is 1. The molecule has 1 aromatic heterocycles. The number of hydrogen-bond donors (Lipinski definition) is 1. The summed E-state index contributed by atoms with van der Waals surface area (Å²) in [7, 11) is 4.22. The van der Waals surface area contributed by atoms with Gasteiger partial charge in [0, 0.05) is 12.6 Å². The van der Waals surface area contributed by atoms with Gasteiger partial charge in [-0.05, 0) is 38.7 Å². The maximum atomic E-state index is 5.56. The minimum Gasteiger partial charge on any atom is -0.465 e. The van der Waals surface area contributed by atoms with Crippen LogP contribution in [0.4, 0.5) is 0 Å². The number of furan rings is 1. The molecule has 102 valence electrons. The van der Waals surface area contributed by atoms with Crippen LogP contribution in [0.25, 0.3) is 0 Å². The molecule has 0 spiro atoms. The average Bonchev–Trinajstić information content (AvgIpc) is 2.81. The second-order valence-electron chi connectivity index (χ2n) is 5.03. The highest BCUT2D eigenvalue weighted by Gasteiger charge is 2.13. The number of nitrogens with one attached hydrogen (secondary N) is 1. The van der Waals surface area contributed by atoms with Gasteiger partial charge in [0.15, 0.2) is 0 Å². The Labute approximate surface area is 115 Å². The Morgan fingerprint density at radius 2 is 1.84 bits per heavy atom. The van der Waals surface area contributed by atoms with Crippen LogP contribution in [0.1, 0.15) is 23.1 Å². The maximum Gasteiger partial charge on any atom is 0.117 e. The normalized spacial score (nSPS) is 12.8. The summed E-state index contributed by atoms with van der Waals surface area (Å²) in [5.41, 5.74) is 1.33. The standard InChI is InChI=1S/C16H22N2O/c1-13-9-10-15(19-13)11-17-12-16(18(2)3)14-7-5-4-6-8-14/h4-10,16-17H,11-12H2,1-3H3. The quantitative estimate of drug-likeness (QED) is 0.863. The molecule has 0 aliphatic heterocycles. The van der Waals surface area contributed by atoms with Crippen LogP contribution in [-0.2, 0) is 6.54 Å². The van der Waals surface area contributed by atoms with Gasteiger partial charge in [0.05, 0.1) is 6.54 Å². The molecular weight excluding hydrogens is 236 g/mol. The largest absolute Gasteiger partial charge is 0.465 e. The third kappa shape index (κ3) is 3.94. The highest BCUT2D eigenvalue weighted by molar-refractivity contribution is 5.19. The summed E-state index contributed by atoms with van der Waals surface area (Å²) in [6.07, 6.45) is 0. The Hall–Kier alpha value is -1.58. The van der Waals surface area contributed by atoms with Gasteiger partial charge in [0.2, 0.25) is 0 Å². The van der Waals surface area contributed by atoms with E-state index in [9.17, 15) is 0 Å². The first kappa shape index (κ1) is 13.8. The fourth-order valence-electron chi connectivity index (χ4n) is 2.19. The van der Waals surface area contributed by atoms with Crippen molar-refractivity contribution in [3.8, 4) is 0 Å². The number of benzene rings is 1. The lowest BCUT2D eigenvalue weighted by Crippen LogP contribution is -2.30. The SMILES string of the molecule is Cc1ccc(CNCC(c2ccccc2)N(C)C)o1. The van der Waals surface area contributed by atoms with Crippen molar-refractivity contribution in [1.82, 2.24) is 10.2 Å². The van der Waals surface area contributed by atoms with Crippen molar-refractivity contribution in [3.05, 3.63) is 59.5 Å². The van der Waals surface area contributed by atoms with Crippen LogP contribution < -0.4 is 5.32 Å². The Bertz CT molecular complexity index is 490. The number of likely N-dealkylation sites (N-methyl/N-ethyl adjacent to an activating group) is 1. The minimum absolute atomic E-state index is 0.372. The summed E-state index contributed by atoms with van der Waals surface area (Å²) in [6.45, 7) is 3.64. The van der Waals surface area contributed by atoms with Crippen molar-refractivity contribution in [2.75, 3.05) is 20.6 Å². The monoisotopic (exact) mass is 258 g/mol. The van der Waals surface area contributed by atoms with Crippen molar-refractivity contribution in [2.45, 2.75) is 19.5 Å². The topological polar surface area (TPSA) is 28.4 Å². The van der Waals surface area contributed by atoms with Gasteiger partial charge in [-0.25, -0.2) is 0 Å². The predicted octanol–water partition coefficient (Wildman–Crippen LogP) is 2.98. The molecule has 0 saturated carbocycles. The molecule has 0 fully saturated rings. The van der Waals surface area contributed by atoms with Crippen LogP contribution >= 0.6 is 0 Å². The minimum atomic E-state index is 0.372. The Morgan fingerprint density at radius 3 is 2.42 bits per heavy atom. The van der Waals surface area contributed by atoms with Gasteiger partial charge < -0.3 is 14.6 Å². The zero-order valence-corrected chi connectivity index (χ0v) is 11.9. The third-order valence-electron chi connectivity index (χ3n) is 3.24. The van der Waals surface area contributed by atoms with Crippen LogP contribution in [0.5, 0.6) is 0 Å². The van der Waals surface area contributed by atoms with Gasteiger partial charge in [-0.15, -0.1) is 0 Å². The summed E-state index contributed by atoms with van der Waals surface area (Å²) >= 11 is 0. The summed E-state index contributed by atoms with van der Waals surface area (Å²) in [6, 6.07) is 15.0. The van der Waals surface area contributed by atoms with E-state index in [0.717, 1.165) is 24.6 Å². The van der Waals surface area contributed by atoms with Gasteiger partial charge in [0.25, 0.3) is 0 Å². The van der Waals surface area contributed by atoms with Gasteiger partial charge in [-0.2, -0.15) is 0 Å². The van der Waals surface area contributed by atoms with Gasteiger partial charge in [-0.1, -0.05) is 30.3 Å². The first-order valence-corrected chi connectivity index (χ1v) is 6.64. The van der Waals surface area contributed by atoms with E-state index in [-0.39, 0.29) is 0 Å². The lowest BCUT2D eigenvalue weighted by molar-refractivity contribution is 0.285. The lowest BCUT2D eigenvalue weighted by Gasteiger charge is -2.25. The van der Waals surface area contributed by atoms with Crippen LogP contribution in [-0.4, -0.2) is 25.5 Å². The second kappa shape index (κ2) is 6.55. The number of rotatable bonds is 6. The van der Waals surface area contributed by atoms with Gasteiger partial charge in [-0.3, -0.25) is 0 Å². The first-order chi connectivity index (χ1) is 9.16. The second-order valence-corrected chi connectivity index (χ2v) is 5.03. The van der Waals surface area contributed by atoms with Gasteiger partial charge >= 0.3 is 0 Å². The molecule has 0 aliphatic rings. The fraction of sp³-hybridized carbons (Fsp3) is 0.375. The highest BCUT2D eigenvalue weighted by Crippen LogP contribution is 2.17. The first-order valence-electron chi connectivity index (χ1n) is 6.64. The molecule has 2 rings (SSSR count). The molecule has 3 heteroatoms. The van der Waals surface area contributed by atoms with Crippen molar-refractivity contribution < 1.29 is 4.42 Å². The summed E-state index contributed by atoms with van der Waals surface area (Å²) in [4.78, 5) is 2.23. The molecule has 3 nitrogen and oxygen atoms in total. The van der Waals surface area contributed by atoms with Crippen molar-refractivity contribution in [2.24, 2.45) is 0 Å². The predicted molar refractivity (Wildman–Crippen MR) is 78.0 cm³/mol. The fourth-order valence-corrected chi connectivity index (χ4v) is 2.19. The van der Waals surface area contributed by atoms with Crippen molar-refractivity contribution in [1.29, 1.82) is 0 Å². The molecule has 1 aromatic carbocycles. The molecule has 1 N–H and O–H groups in total. The van der Waals surface area contributed by atoms with E-state index >= 15 is 0 Å². The molecule has 0 amide bonds. The third-order valence-corrected chi connectivity index (χ3v) is 3.24. The van der Waals surface area contributed by atoms with Gasteiger partial charge in [0.1, 0.15) is 11.5 Å². The zero-order valence-electron chi connectivity index (χ0n) is 11.9. The van der Waals surface area contributed by atoms with Crippen molar-refractivity contribution in [3.63, 3.8) is 0 Å². The van der Waals surface area contributed by atoms with Crippen LogP contribution in [0, 0.1) is 6.92 Å². The Kier molecular flexibility index (Phi) is 4.77. The van der Waals surface area contributed by atoms with E-state index in [1.807, 2.05) is 19.1 Å². The van der Waals surface area contributed by atoms with Crippen LogP contribution in [0.2, 0.25) is 0 Å². The number of hydrogen-bond acceptors (Lipinski definition) is 3. The number of aryl methyl sites for hydroxylation is 1. The average molecular weight is 258 g/mol. The molecule has 1 atom stereocenters. The lowest BCUT2D eigenvalue weighted by atomic mass is 10.1. The smallest absolute Gasteiger partial charge is 0.117 e. The molecule has 1 unspecified atom stereocenters. The molecule has 0 bridgehead atoms. The van der Waals surface area contributed by atoms with E-state index in [1.165, 1.54) is 5.56 Å². The highest BCUT2D eigenvalue weighted by atomic mass is 16.3.